The van der Waals surface area contributed by atoms with E-state index in [4.69, 9.17) is 11.8 Å². The van der Waals surface area contributed by atoms with E-state index in [9.17, 15) is 4.79 Å². The Hall–Kier alpha value is -0.280. The van der Waals surface area contributed by atoms with Crippen LogP contribution in [0.4, 0.5) is 0 Å². The van der Waals surface area contributed by atoms with Gasteiger partial charge in [-0.15, -0.1) is 0 Å². The summed E-state index contributed by atoms with van der Waals surface area (Å²) in [6, 6.07) is -0.0503. The molecule has 3 nitrogen and oxygen atoms in total. The van der Waals surface area contributed by atoms with Crippen molar-refractivity contribution >= 4 is 17.7 Å². The van der Waals surface area contributed by atoms with Crippen LogP contribution < -0.4 is 5.32 Å². The van der Waals surface area contributed by atoms with Crippen molar-refractivity contribution in [2.75, 3.05) is 0 Å². The van der Waals surface area contributed by atoms with Gasteiger partial charge in [-0.2, -0.15) is 0 Å². The van der Waals surface area contributed by atoms with Crippen LogP contribution in [0.5, 0.6) is 0 Å². The predicted molar refractivity (Wildman–Crippen MR) is 71.7 cm³/mol. The average molecular weight is 261 g/mol. The van der Waals surface area contributed by atoms with Crippen LogP contribution in [-0.2, 0) is 4.79 Å². The summed E-state index contributed by atoms with van der Waals surface area (Å²) in [5.74, 6) is 0.0595. The number of rotatable bonds is 8. The van der Waals surface area contributed by atoms with E-state index in [0.29, 0.717) is 0 Å². The van der Waals surface area contributed by atoms with Gasteiger partial charge in [0.05, 0.1) is 12.2 Å². The summed E-state index contributed by atoms with van der Waals surface area (Å²) in [7, 11) is 0. The molecule has 1 amide bonds. The van der Waals surface area contributed by atoms with Crippen LogP contribution in [0.1, 0.15) is 65.2 Å². The van der Waals surface area contributed by atoms with Crippen molar-refractivity contribution in [2.24, 2.45) is 0 Å². The molecular weight excluding hydrogens is 236 g/mol. The molecule has 0 bridgehead atoms. The summed E-state index contributed by atoms with van der Waals surface area (Å²) in [6.07, 6.45) is 8.94. The molecule has 100 valence electrons. The number of nitrogens with zero attached hydrogens (tertiary/aromatic N) is 1. The van der Waals surface area contributed by atoms with Gasteiger partial charge in [-0.25, -0.2) is 4.42 Å². The average Bonchev–Trinajstić information content (AvgIpc) is 2.59. The lowest BCUT2D eigenvalue weighted by atomic mass is 10.1. The second kappa shape index (κ2) is 7.93. The topological polar surface area (TPSA) is 32.3 Å². The fraction of sp³-hybridized carbons (Fsp3) is 0.923. The van der Waals surface area contributed by atoms with E-state index in [0.717, 1.165) is 25.7 Å². The predicted octanol–water partition coefficient (Wildman–Crippen LogP) is 3.43. The summed E-state index contributed by atoms with van der Waals surface area (Å²) in [4.78, 5) is 11.9. The molecule has 0 spiro atoms. The van der Waals surface area contributed by atoms with Crippen molar-refractivity contribution < 1.29 is 4.79 Å². The molecule has 0 aromatic rings. The number of hydrogen-bond acceptors (Lipinski definition) is 2. The summed E-state index contributed by atoms with van der Waals surface area (Å²) in [5.41, 5.74) is 0. The zero-order valence-corrected chi connectivity index (χ0v) is 11.8. The van der Waals surface area contributed by atoms with Crippen LogP contribution in [0.3, 0.4) is 0 Å². The molecule has 1 aliphatic heterocycles. The van der Waals surface area contributed by atoms with Gasteiger partial charge in [0.25, 0.3) is 5.91 Å². The summed E-state index contributed by atoms with van der Waals surface area (Å²) in [6.45, 7) is 4.35. The second-order valence-electron chi connectivity index (χ2n) is 4.88. The maximum absolute atomic E-state index is 11.9. The van der Waals surface area contributed by atoms with Gasteiger partial charge < -0.3 is 0 Å². The van der Waals surface area contributed by atoms with Crippen molar-refractivity contribution in [3.05, 3.63) is 0 Å². The Morgan fingerprint density at radius 3 is 2.29 bits per heavy atom. The van der Waals surface area contributed by atoms with Crippen LogP contribution in [0, 0.1) is 0 Å². The standard InChI is InChI=1S/C13H25ClN2O/c1-3-5-7-9-11-13(17)16(14)12(15-11)10-8-6-4-2/h11-12,15H,3-10H2,1-2H3. The molecule has 1 saturated heterocycles. The molecule has 17 heavy (non-hydrogen) atoms. The van der Waals surface area contributed by atoms with Crippen molar-refractivity contribution in [1.82, 2.24) is 9.74 Å². The van der Waals surface area contributed by atoms with Crippen molar-refractivity contribution in [3.8, 4) is 0 Å². The summed E-state index contributed by atoms with van der Waals surface area (Å²) < 4.78 is 1.38. The molecule has 1 fully saturated rings. The van der Waals surface area contributed by atoms with Gasteiger partial charge in [0, 0.05) is 11.8 Å². The third-order valence-corrected chi connectivity index (χ3v) is 3.76. The highest BCUT2D eigenvalue weighted by Gasteiger charge is 2.37. The molecule has 1 rings (SSSR count). The zero-order valence-electron chi connectivity index (χ0n) is 11.0. The van der Waals surface area contributed by atoms with E-state index in [1.54, 1.807) is 0 Å². The highest BCUT2D eigenvalue weighted by Crippen LogP contribution is 2.21. The first-order valence-electron chi connectivity index (χ1n) is 6.95. The Balaban J connectivity index is 2.31. The first-order valence-corrected chi connectivity index (χ1v) is 7.29. The van der Waals surface area contributed by atoms with Gasteiger partial charge in [-0.05, 0) is 12.8 Å². The Bertz CT molecular complexity index is 235. The molecule has 0 radical (unpaired) electrons. The zero-order chi connectivity index (χ0) is 12.7. The Morgan fingerprint density at radius 1 is 1.12 bits per heavy atom. The molecule has 1 aliphatic rings. The molecular formula is C13H25ClN2O. The van der Waals surface area contributed by atoms with Crippen LogP contribution in [-0.4, -0.2) is 22.5 Å². The lowest BCUT2D eigenvalue weighted by molar-refractivity contribution is -0.125. The van der Waals surface area contributed by atoms with Crippen molar-refractivity contribution in [1.29, 1.82) is 0 Å². The molecule has 0 aromatic carbocycles. The van der Waals surface area contributed by atoms with Crippen molar-refractivity contribution in [2.45, 2.75) is 77.4 Å². The largest absolute Gasteiger partial charge is 0.285 e. The van der Waals surface area contributed by atoms with Crippen LogP contribution >= 0.6 is 11.8 Å². The number of halogens is 1. The van der Waals surface area contributed by atoms with Crippen LogP contribution in [0.15, 0.2) is 0 Å². The highest BCUT2D eigenvalue weighted by molar-refractivity contribution is 6.22. The lowest BCUT2D eigenvalue weighted by Gasteiger charge is -2.15. The van der Waals surface area contributed by atoms with E-state index in [-0.39, 0.29) is 18.1 Å². The van der Waals surface area contributed by atoms with Gasteiger partial charge in [0.1, 0.15) is 0 Å². The third kappa shape index (κ3) is 4.47. The van der Waals surface area contributed by atoms with Gasteiger partial charge in [-0.3, -0.25) is 10.1 Å². The fourth-order valence-corrected chi connectivity index (χ4v) is 2.53. The monoisotopic (exact) mass is 260 g/mol. The lowest BCUT2D eigenvalue weighted by Crippen LogP contribution is -2.32. The first-order chi connectivity index (χ1) is 8.20. The van der Waals surface area contributed by atoms with Gasteiger partial charge in [0.2, 0.25) is 0 Å². The molecule has 0 aromatic heterocycles. The number of hydrogen-bond donors (Lipinski definition) is 1. The number of unbranched alkanes of at least 4 members (excludes halogenated alkanes) is 4. The molecule has 1 heterocycles. The number of amides is 1. The van der Waals surface area contributed by atoms with E-state index in [1.807, 2.05) is 0 Å². The highest BCUT2D eigenvalue weighted by atomic mass is 35.5. The fourth-order valence-electron chi connectivity index (χ4n) is 2.26. The van der Waals surface area contributed by atoms with E-state index in [2.05, 4.69) is 19.2 Å². The van der Waals surface area contributed by atoms with Crippen LogP contribution in [0.2, 0.25) is 0 Å². The minimum atomic E-state index is -0.0503. The summed E-state index contributed by atoms with van der Waals surface area (Å²) in [5, 5.41) is 3.35. The normalized spacial score (nSPS) is 24.6. The van der Waals surface area contributed by atoms with Gasteiger partial charge >= 0.3 is 0 Å². The molecule has 4 heteroatoms. The molecule has 1 N–H and O–H groups in total. The number of carbonyl (C=O) groups excluding carboxylic acids is 1. The number of carbonyl (C=O) groups is 1. The maximum atomic E-state index is 11.9. The Kier molecular flexibility index (Phi) is 6.90. The second-order valence-corrected chi connectivity index (χ2v) is 5.24. The van der Waals surface area contributed by atoms with Gasteiger partial charge in [0.15, 0.2) is 0 Å². The minimum absolute atomic E-state index is 0.0438. The maximum Gasteiger partial charge on any atom is 0.255 e. The summed E-state index contributed by atoms with van der Waals surface area (Å²) >= 11 is 6.04. The first kappa shape index (κ1) is 14.8. The number of nitrogens with one attached hydrogen (secondary N) is 1. The Morgan fingerprint density at radius 2 is 1.71 bits per heavy atom. The van der Waals surface area contributed by atoms with Crippen molar-refractivity contribution in [3.63, 3.8) is 0 Å². The SMILES string of the molecule is CCCCCC1NC(CCCCC)N(Cl)C1=O. The quantitative estimate of drug-likeness (QED) is 0.536. The molecule has 2 unspecified atom stereocenters. The van der Waals surface area contributed by atoms with Crippen LogP contribution in [0.25, 0.3) is 0 Å². The molecule has 2 atom stereocenters. The molecule has 0 aliphatic carbocycles. The van der Waals surface area contributed by atoms with E-state index in [1.165, 1.54) is 30.1 Å². The minimum Gasteiger partial charge on any atom is -0.285 e. The Labute approximate surface area is 110 Å². The molecule has 0 saturated carbocycles. The van der Waals surface area contributed by atoms with E-state index >= 15 is 0 Å². The van der Waals surface area contributed by atoms with E-state index < -0.39 is 0 Å². The smallest absolute Gasteiger partial charge is 0.255 e. The third-order valence-electron chi connectivity index (χ3n) is 3.35. The van der Waals surface area contributed by atoms with Gasteiger partial charge in [-0.1, -0.05) is 52.4 Å².